The highest BCUT2D eigenvalue weighted by Gasteiger charge is 2.10. The molecule has 0 atom stereocenters. The third kappa shape index (κ3) is 2.04. The largest absolute Gasteiger partial charge is 0.319 e. The van der Waals surface area contributed by atoms with Gasteiger partial charge in [0.25, 0.3) is 0 Å². The van der Waals surface area contributed by atoms with E-state index in [0.29, 0.717) is 5.56 Å². The molecule has 0 aromatic heterocycles. The number of rotatable bonds is 2. The molecule has 2 rings (SSSR count). The molecule has 0 saturated carbocycles. The van der Waals surface area contributed by atoms with Gasteiger partial charge >= 0.3 is 0 Å². The van der Waals surface area contributed by atoms with Crippen LogP contribution in [0.2, 0.25) is 0 Å². The fraction of sp³-hybridized carbons (Fsp3) is 0.364. The molecule has 1 N–H and O–H groups in total. The Morgan fingerprint density at radius 2 is 1.79 bits per heavy atom. The molecule has 14 heavy (non-hydrogen) atoms. The Morgan fingerprint density at radius 1 is 1.14 bits per heavy atom. The molecule has 3 nitrogen and oxygen atoms in total. The fourth-order valence-corrected chi connectivity index (χ4v) is 1.63. The Labute approximate surface area is 83.9 Å². The lowest BCUT2D eigenvalue weighted by atomic mass is 10.2. The van der Waals surface area contributed by atoms with Crippen LogP contribution in [-0.4, -0.2) is 18.1 Å². The molecule has 1 heterocycles. The number of hydrogen-bond acceptors (Lipinski definition) is 3. The summed E-state index contributed by atoms with van der Waals surface area (Å²) in [6, 6.07) is 9.65. The van der Waals surface area contributed by atoms with Crippen molar-refractivity contribution < 1.29 is 0 Å². The van der Waals surface area contributed by atoms with Crippen molar-refractivity contribution in [3.63, 3.8) is 0 Å². The minimum absolute atomic E-state index is 0.706. The lowest BCUT2D eigenvalue weighted by molar-refractivity contribution is 0.410. The van der Waals surface area contributed by atoms with Gasteiger partial charge in [0.1, 0.15) is 0 Å². The third-order valence-corrected chi connectivity index (χ3v) is 2.41. The highest BCUT2D eigenvalue weighted by Crippen LogP contribution is 2.13. The van der Waals surface area contributed by atoms with Gasteiger partial charge in [-0.3, -0.25) is 0 Å². The second-order valence-corrected chi connectivity index (χ2v) is 3.50. The smallest absolute Gasteiger partial charge is 0.0991 e. The zero-order valence-electron chi connectivity index (χ0n) is 8.03. The molecule has 0 spiro atoms. The molecule has 1 saturated heterocycles. The van der Waals surface area contributed by atoms with Crippen molar-refractivity contribution in [1.29, 1.82) is 5.26 Å². The van der Waals surface area contributed by atoms with Crippen LogP contribution in [0.15, 0.2) is 24.3 Å². The lowest BCUT2D eigenvalue weighted by Crippen LogP contribution is -2.25. The topological polar surface area (TPSA) is 39.1 Å². The van der Waals surface area contributed by atoms with Crippen LogP contribution >= 0.6 is 0 Å². The SMILES string of the molecule is N#Cc1ccc(NN2CCCC2)cc1. The van der Waals surface area contributed by atoms with Gasteiger partial charge in [-0.25, -0.2) is 5.01 Å². The second kappa shape index (κ2) is 4.12. The van der Waals surface area contributed by atoms with Crippen LogP contribution in [0.5, 0.6) is 0 Å². The first-order valence-electron chi connectivity index (χ1n) is 4.90. The first-order valence-corrected chi connectivity index (χ1v) is 4.90. The predicted octanol–water partition coefficient (Wildman–Crippen LogP) is 1.98. The Morgan fingerprint density at radius 3 is 2.36 bits per heavy atom. The number of nitrogens with one attached hydrogen (secondary N) is 1. The molecule has 3 heteroatoms. The lowest BCUT2D eigenvalue weighted by Gasteiger charge is -2.17. The third-order valence-electron chi connectivity index (χ3n) is 2.41. The van der Waals surface area contributed by atoms with Crippen molar-refractivity contribution >= 4 is 5.69 Å². The van der Waals surface area contributed by atoms with E-state index in [1.165, 1.54) is 12.8 Å². The zero-order valence-corrected chi connectivity index (χ0v) is 8.03. The Kier molecular flexibility index (Phi) is 2.66. The van der Waals surface area contributed by atoms with Crippen LogP contribution in [0, 0.1) is 11.3 Å². The molecule has 0 radical (unpaired) electrons. The Hall–Kier alpha value is -1.53. The summed E-state index contributed by atoms with van der Waals surface area (Å²) in [5.41, 5.74) is 5.08. The highest BCUT2D eigenvalue weighted by atomic mass is 15.5. The van der Waals surface area contributed by atoms with Gasteiger partial charge in [-0.2, -0.15) is 5.26 Å². The first-order chi connectivity index (χ1) is 6.88. The maximum atomic E-state index is 8.63. The van der Waals surface area contributed by atoms with Crippen molar-refractivity contribution in [2.24, 2.45) is 0 Å². The van der Waals surface area contributed by atoms with E-state index in [0.717, 1.165) is 18.8 Å². The van der Waals surface area contributed by atoms with Gasteiger partial charge in [-0.1, -0.05) is 0 Å². The summed E-state index contributed by atoms with van der Waals surface area (Å²) in [5, 5.41) is 10.8. The first kappa shape index (κ1) is 9.04. The number of benzene rings is 1. The molecule has 0 amide bonds. The molecule has 1 fully saturated rings. The molecular formula is C11H13N3. The van der Waals surface area contributed by atoms with E-state index in [2.05, 4.69) is 16.5 Å². The van der Waals surface area contributed by atoms with Crippen LogP contribution in [0.1, 0.15) is 18.4 Å². The highest BCUT2D eigenvalue weighted by molar-refractivity contribution is 5.46. The summed E-state index contributed by atoms with van der Waals surface area (Å²) in [7, 11) is 0. The number of hydrazine groups is 1. The minimum Gasteiger partial charge on any atom is -0.319 e. The number of hydrogen-bond donors (Lipinski definition) is 1. The van der Waals surface area contributed by atoms with Gasteiger partial charge in [0.15, 0.2) is 0 Å². The minimum atomic E-state index is 0.706. The average Bonchev–Trinajstić information content (AvgIpc) is 2.72. The van der Waals surface area contributed by atoms with E-state index in [9.17, 15) is 0 Å². The standard InChI is InChI=1S/C11H13N3/c12-9-10-3-5-11(6-4-10)13-14-7-1-2-8-14/h3-6,13H,1-2,7-8H2. The molecule has 1 aromatic rings. The zero-order chi connectivity index (χ0) is 9.80. The number of anilines is 1. The Bertz CT molecular complexity index is 331. The molecule has 0 unspecified atom stereocenters. The van der Waals surface area contributed by atoms with Crippen molar-refractivity contribution in [3.8, 4) is 6.07 Å². The van der Waals surface area contributed by atoms with Gasteiger partial charge in [0.2, 0.25) is 0 Å². The second-order valence-electron chi connectivity index (χ2n) is 3.50. The predicted molar refractivity (Wildman–Crippen MR) is 55.6 cm³/mol. The number of nitrogens with zero attached hydrogens (tertiary/aromatic N) is 2. The number of nitriles is 1. The van der Waals surface area contributed by atoms with E-state index >= 15 is 0 Å². The van der Waals surface area contributed by atoms with Crippen molar-refractivity contribution in [2.45, 2.75) is 12.8 Å². The van der Waals surface area contributed by atoms with Crippen LogP contribution in [0.4, 0.5) is 5.69 Å². The maximum absolute atomic E-state index is 8.63. The Balaban J connectivity index is 1.99. The maximum Gasteiger partial charge on any atom is 0.0991 e. The van der Waals surface area contributed by atoms with E-state index in [1.807, 2.05) is 24.3 Å². The van der Waals surface area contributed by atoms with Gasteiger partial charge < -0.3 is 5.43 Å². The summed E-state index contributed by atoms with van der Waals surface area (Å²) in [6.07, 6.45) is 2.53. The van der Waals surface area contributed by atoms with E-state index in [1.54, 1.807) is 0 Å². The molecule has 0 aliphatic carbocycles. The summed E-state index contributed by atoms with van der Waals surface area (Å²) >= 11 is 0. The van der Waals surface area contributed by atoms with Crippen molar-refractivity contribution in [2.75, 3.05) is 18.5 Å². The molecule has 0 bridgehead atoms. The van der Waals surface area contributed by atoms with Crippen LogP contribution in [0.3, 0.4) is 0 Å². The van der Waals surface area contributed by atoms with Crippen LogP contribution < -0.4 is 5.43 Å². The quantitative estimate of drug-likeness (QED) is 0.769. The van der Waals surface area contributed by atoms with E-state index < -0.39 is 0 Å². The van der Waals surface area contributed by atoms with Crippen molar-refractivity contribution in [3.05, 3.63) is 29.8 Å². The van der Waals surface area contributed by atoms with Gasteiger partial charge in [0, 0.05) is 18.8 Å². The summed E-state index contributed by atoms with van der Waals surface area (Å²) < 4.78 is 0. The summed E-state index contributed by atoms with van der Waals surface area (Å²) in [5.74, 6) is 0. The van der Waals surface area contributed by atoms with Gasteiger partial charge in [0.05, 0.1) is 11.6 Å². The van der Waals surface area contributed by atoms with E-state index in [4.69, 9.17) is 5.26 Å². The van der Waals surface area contributed by atoms with Crippen LogP contribution in [0.25, 0.3) is 0 Å². The molecule has 72 valence electrons. The summed E-state index contributed by atoms with van der Waals surface area (Å²) in [4.78, 5) is 0. The van der Waals surface area contributed by atoms with Gasteiger partial charge in [-0.05, 0) is 37.1 Å². The van der Waals surface area contributed by atoms with Crippen LogP contribution in [-0.2, 0) is 0 Å². The normalized spacial score (nSPS) is 16.5. The average molecular weight is 187 g/mol. The molecule has 1 aromatic carbocycles. The fourth-order valence-electron chi connectivity index (χ4n) is 1.63. The summed E-state index contributed by atoms with van der Waals surface area (Å²) in [6.45, 7) is 2.22. The van der Waals surface area contributed by atoms with E-state index in [-0.39, 0.29) is 0 Å². The monoisotopic (exact) mass is 187 g/mol. The molecule has 1 aliphatic rings. The van der Waals surface area contributed by atoms with Crippen molar-refractivity contribution in [1.82, 2.24) is 5.01 Å². The molecule has 1 aliphatic heterocycles. The molecular weight excluding hydrogens is 174 g/mol. The van der Waals surface area contributed by atoms with Gasteiger partial charge in [-0.15, -0.1) is 0 Å².